The zero-order valence-corrected chi connectivity index (χ0v) is 22.4. The molecular weight excluding hydrogens is 496 g/mol. The Labute approximate surface area is 227 Å². The smallest absolute Gasteiger partial charge is 0.227 e. The van der Waals surface area contributed by atoms with Gasteiger partial charge in [-0.25, -0.2) is 9.97 Å². The Morgan fingerprint density at radius 3 is 2.63 bits per heavy atom. The Balaban J connectivity index is 1.14. The molecule has 8 heteroatoms. The molecule has 196 valence electrons. The molecule has 1 aliphatic carbocycles. The van der Waals surface area contributed by atoms with Gasteiger partial charge in [0.1, 0.15) is 0 Å². The fraction of sp³-hybridized carbons (Fsp3) is 0.400. The minimum absolute atomic E-state index is 0.132. The molecule has 2 saturated heterocycles. The van der Waals surface area contributed by atoms with Gasteiger partial charge in [0.05, 0.1) is 23.0 Å². The average molecular weight is 529 g/mol. The summed E-state index contributed by atoms with van der Waals surface area (Å²) in [7, 11) is 0. The number of aromatic nitrogens is 3. The fourth-order valence-electron chi connectivity index (χ4n) is 6.00. The summed E-state index contributed by atoms with van der Waals surface area (Å²) in [5.74, 6) is 1.19. The average Bonchev–Trinajstić information content (AvgIpc) is 3.68. The Bertz CT molecular complexity index is 1480. The van der Waals surface area contributed by atoms with Crippen LogP contribution in [0.2, 0.25) is 5.02 Å². The second-order valence-corrected chi connectivity index (χ2v) is 11.6. The van der Waals surface area contributed by atoms with Crippen LogP contribution in [-0.4, -0.2) is 63.3 Å². The van der Waals surface area contributed by atoms with Gasteiger partial charge in [-0.15, -0.1) is 0 Å². The van der Waals surface area contributed by atoms with Gasteiger partial charge in [0.15, 0.2) is 0 Å². The van der Waals surface area contributed by atoms with Crippen LogP contribution >= 0.6 is 11.6 Å². The predicted octanol–water partition coefficient (Wildman–Crippen LogP) is 5.85. The molecule has 3 N–H and O–H groups in total. The monoisotopic (exact) mass is 528 g/mol. The van der Waals surface area contributed by atoms with E-state index in [1.54, 1.807) is 6.20 Å². The van der Waals surface area contributed by atoms with Crippen LogP contribution < -0.4 is 10.2 Å². The minimum Gasteiger partial charge on any atom is -0.390 e. The number of anilines is 3. The van der Waals surface area contributed by atoms with Crippen molar-refractivity contribution in [2.75, 3.05) is 36.4 Å². The molecule has 0 radical (unpaired) electrons. The first-order chi connectivity index (χ1) is 18.5. The molecule has 0 amide bonds. The third kappa shape index (κ3) is 4.64. The van der Waals surface area contributed by atoms with Crippen molar-refractivity contribution in [3.63, 3.8) is 0 Å². The van der Waals surface area contributed by atoms with Gasteiger partial charge in [-0.05, 0) is 73.9 Å². The lowest BCUT2D eigenvalue weighted by atomic mass is 9.97. The van der Waals surface area contributed by atoms with Crippen LogP contribution in [0.3, 0.4) is 0 Å². The van der Waals surface area contributed by atoms with Gasteiger partial charge >= 0.3 is 0 Å². The molecule has 4 aromatic rings. The third-order valence-corrected chi connectivity index (χ3v) is 8.59. The lowest BCUT2D eigenvalue weighted by Crippen LogP contribution is -2.57. The van der Waals surface area contributed by atoms with Crippen LogP contribution in [0.1, 0.15) is 42.7 Å². The number of aliphatic hydroxyl groups excluding tert-OH is 1. The number of aliphatic hydroxyl groups is 1. The number of halogens is 1. The van der Waals surface area contributed by atoms with Gasteiger partial charge in [0.2, 0.25) is 5.95 Å². The number of aromatic amines is 1. The number of likely N-dealkylation sites (tertiary alicyclic amines) is 1. The minimum atomic E-state index is -0.132. The van der Waals surface area contributed by atoms with E-state index in [1.165, 1.54) is 29.7 Å². The van der Waals surface area contributed by atoms with Crippen LogP contribution in [0.15, 0.2) is 48.8 Å². The van der Waals surface area contributed by atoms with E-state index in [2.05, 4.69) is 68.4 Å². The molecular formula is C30H33ClN6O. The summed E-state index contributed by atoms with van der Waals surface area (Å²) in [4.78, 5) is 17.7. The topological polar surface area (TPSA) is 80.3 Å². The highest BCUT2D eigenvalue weighted by Gasteiger charge is 2.33. The maximum atomic E-state index is 9.68. The van der Waals surface area contributed by atoms with Crippen LogP contribution in [0.25, 0.3) is 22.2 Å². The SMILES string of the molecule is Cc1ccc2c(-c3nc(Nc4cc(C5CC5)cc(N5CCC(N6CC(O)C6)CC5)c4)ncc3Cl)c[nH]c2c1. The number of piperidine rings is 1. The molecule has 38 heavy (non-hydrogen) atoms. The van der Waals surface area contributed by atoms with Gasteiger partial charge < -0.3 is 20.3 Å². The Hall–Kier alpha value is -3.13. The number of rotatable bonds is 6. The first kappa shape index (κ1) is 23.9. The van der Waals surface area contributed by atoms with Gasteiger partial charge in [0, 0.05) is 66.3 Å². The fourth-order valence-corrected chi connectivity index (χ4v) is 6.19. The first-order valence-electron chi connectivity index (χ1n) is 13.7. The number of hydrogen-bond acceptors (Lipinski definition) is 6. The van der Waals surface area contributed by atoms with E-state index in [-0.39, 0.29) is 6.10 Å². The lowest BCUT2D eigenvalue weighted by molar-refractivity contribution is -0.0300. The highest BCUT2D eigenvalue weighted by Crippen LogP contribution is 2.43. The molecule has 2 aromatic heterocycles. The Morgan fingerprint density at radius 2 is 1.87 bits per heavy atom. The van der Waals surface area contributed by atoms with Gasteiger partial charge in [-0.1, -0.05) is 23.7 Å². The largest absolute Gasteiger partial charge is 0.390 e. The van der Waals surface area contributed by atoms with Gasteiger partial charge in [0.25, 0.3) is 0 Å². The van der Waals surface area contributed by atoms with Crippen molar-refractivity contribution in [2.45, 2.75) is 50.7 Å². The van der Waals surface area contributed by atoms with Crippen molar-refractivity contribution >= 4 is 39.8 Å². The maximum absolute atomic E-state index is 9.68. The van der Waals surface area contributed by atoms with E-state index in [0.29, 0.717) is 22.9 Å². The van der Waals surface area contributed by atoms with Crippen LogP contribution in [0.5, 0.6) is 0 Å². The summed E-state index contributed by atoms with van der Waals surface area (Å²) in [5, 5.41) is 14.8. The second-order valence-electron chi connectivity index (χ2n) is 11.2. The molecule has 1 saturated carbocycles. The van der Waals surface area contributed by atoms with Gasteiger partial charge in [-0.3, -0.25) is 4.90 Å². The summed E-state index contributed by atoms with van der Waals surface area (Å²) in [5.41, 5.74) is 7.63. The number of nitrogens with one attached hydrogen (secondary N) is 2. The summed E-state index contributed by atoms with van der Waals surface area (Å²) >= 11 is 6.59. The van der Waals surface area contributed by atoms with Crippen molar-refractivity contribution in [2.24, 2.45) is 0 Å². The van der Waals surface area contributed by atoms with Crippen molar-refractivity contribution in [3.05, 3.63) is 64.9 Å². The molecule has 2 aliphatic heterocycles. The standard InChI is InChI=1S/C30H33ClN6O/c1-18-2-5-25-26(14-32-28(25)10-18)29-27(31)15-33-30(35-29)34-21-11-20(19-3-4-19)12-23(13-21)36-8-6-22(7-9-36)37-16-24(38)17-37/h2,5,10-15,19,22,24,32,38H,3-4,6-9,16-17H2,1H3,(H,33,34,35). The molecule has 2 aromatic carbocycles. The molecule has 4 heterocycles. The normalized spacial score (nSPS) is 19.2. The van der Waals surface area contributed by atoms with E-state index >= 15 is 0 Å². The maximum Gasteiger partial charge on any atom is 0.227 e. The van der Waals surface area contributed by atoms with Crippen molar-refractivity contribution in [1.29, 1.82) is 0 Å². The molecule has 3 aliphatic rings. The molecule has 0 atom stereocenters. The summed E-state index contributed by atoms with van der Waals surface area (Å²) in [6, 6.07) is 13.8. The number of nitrogens with zero attached hydrogens (tertiary/aromatic N) is 4. The van der Waals surface area contributed by atoms with E-state index in [4.69, 9.17) is 16.6 Å². The zero-order valence-electron chi connectivity index (χ0n) is 21.6. The molecule has 0 unspecified atom stereocenters. The van der Waals surface area contributed by atoms with E-state index < -0.39 is 0 Å². The number of fused-ring (bicyclic) bond motifs is 1. The number of aryl methyl sites for hydroxylation is 1. The number of hydrogen-bond donors (Lipinski definition) is 3. The third-order valence-electron chi connectivity index (χ3n) is 8.32. The van der Waals surface area contributed by atoms with Crippen molar-refractivity contribution < 1.29 is 5.11 Å². The quantitative estimate of drug-likeness (QED) is 0.291. The Morgan fingerprint density at radius 1 is 1.05 bits per heavy atom. The summed E-state index contributed by atoms with van der Waals surface area (Å²) < 4.78 is 0. The highest BCUT2D eigenvalue weighted by molar-refractivity contribution is 6.33. The molecule has 0 bridgehead atoms. The second kappa shape index (κ2) is 9.56. The summed E-state index contributed by atoms with van der Waals surface area (Å²) in [6.45, 7) is 5.82. The van der Waals surface area contributed by atoms with E-state index in [1.807, 2.05) is 6.20 Å². The van der Waals surface area contributed by atoms with Crippen LogP contribution in [0, 0.1) is 6.92 Å². The number of β-amino-alcohol motifs (C(OH)–C–C–N with tert-alkyl or cyclic N) is 1. The van der Waals surface area contributed by atoms with E-state index in [0.717, 1.165) is 66.9 Å². The molecule has 3 fully saturated rings. The Kier molecular flexibility index (Phi) is 6.02. The van der Waals surface area contributed by atoms with Crippen molar-refractivity contribution in [3.8, 4) is 11.3 Å². The van der Waals surface area contributed by atoms with Gasteiger partial charge in [-0.2, -0.15) is 0 Å². The van der Waals surface area contributed by atoms with E-state index in [9.17, 15) is 5.11 Å². The van der Waals surface area contributed by atoms with Crippen LogP contribution in [0.4, 0.5) is 17.3 Å². The number of benzene rings is 2. The van der Waals surface area contributed by atoms with Crippen LogP contribution in [-0.2, 0) is 0 Å². The lowest BCUT2D eigenvalue weighted by Gasteiger charge is -2.45. The van der Waals surface area contributed by atoms with Crippen molar-refractivity contribution in [1.82, 2.24) is 19.9 Å². The predicted molar refractivity (Wildman–Crippen MR) is 154 cm³/mol. The summed E-state index contributed by atoms with van der Waals surface area (Å²) in [6.07, 6.45) is 8.30. The first-order valence-corrected chi connectivity index (χ1v) is 14.1. The molecule has 7 nitrogen and oxygen atoms in total. The highest BCUT2D eigenvalue weighted by atomic mass is 35.5. The molecule has 0 spiro atoms. The molecule has 7 rings (SSSR count). The zero-order chi connectivity index (χ0) is 25.8. The number of H-pyrrole nitrogens is 1.